The molecule has 0 aromatic heterocycles. The predicted octanol–water partition coefficient (Wildman–Crippen LogP) is 3.29. The van der Waals surface area contributed by atoms with E-state index in [1.54, 1.807) is 31.4 Å². The first-order valence-corrected chi connectivity index (χ1v) is 6.94. The molecule has 0 spiro atoms. The van der Waals surface area contributed by atoms with Crippen molar-refractivity contribution in [3.8, 4) is 11.5 Å². The van der Waals surface area contributed by atoms with Crippen LogP contribution in [0.5, 0.6) is 11.5 Å². The third-order valence-electron chi connectivity index (χ3n) is 3.35. The van der Waals surface area contributed by atoms with Crippen LogP contribution in [0.15, 0.2) is 42.5 Å². The van der Waals surface area contributed by atoms with Crippen molar-refractivity contribution in [1.82, 2.24) is 0 Å². The second-order valence-corrected chi connectivity index (χ2v) is 5.19. The lowest BCUT2D eigenvalue weighted by molar-refractivity contribution is -0.122. The fraction of sp³-hybridized carbons (Fsp3) is 0.188. The van der Waals surface area contributed by atoms with Gasteiger partial charge in [-0.2, -0.15) is 0 Å². The normalized spacial score (nSPS) is 16.0. The van der Waals surface area contributed by atoms with Gasteiger partial charge in [-0.3, -0.25) is 4.79 Å². The summed E-state index contributed by atoms with van der Waals surface area (Å²) < 4.78 is 10.9. The van der Waals surface area contributed by atoms with Crippen molar-refractivity contribution in [1.29, 1.82) is 0 Å². The number of nitrogens with one attached hydrogen (secondary N) is 1. The zero-order valence-electron chi connectivity index (χ0n) is 11.4. The van der Waals surface area contributed by atoms with Crippen molar-refractivity contribution in [2.24, 2.45) is 0 Å². The Labute approximate surface area is 127 Å². The predicted molar refractivity (Wildman–Crippen MR) is 81.2 cm³/mol. The Hall–Kier alpha value is -2.20. The van der Waals surface area contributed by atoms with Crippen LogP contribution in [0.4, 0.5) is 5.69 Å². The summed E-state index contributed by atoms with van der Waals surface area (Å²) in [5.74, 6) is 1.12. The number of benzene rings is 2. The van der Waals surface area contributed by atoms with Crippen LogP contribution in [0, 0.1) is 0 Å². The Morgan fingerprint density at radius 3 is 2.95 bits per heavy atom. The monoisotopic (exact) mass is 303 g/mol. The van der Waals surface area contributed by atoms with Crippen molar-refractivity contribution in [3.63, 3.8) is 0 Å². The van der Waals surface area contributed by atoms with Gasteiger partial charge in [-0.25, -0.2) is 0 Å². The second-order valence-electron chi connectivity index (χ2n) is 4.75. The van der Waals surface area contributed by atoms with Gasteiger partial charge in [0.2, 0.25) is 0 Å². The molecule has 2 aromatic rings. The number of fused-ring (bicyclic) bond motifs is 1. The fourth-order valence-corrected chi connectivity index (χ4v) is 2.52. The van der Waals surface area contributed by atoms with E-state index < -0.39 is 6.10 Å². The van der Waals surface area contributed by atoms with Gasteiger partial charge in [0.1, 0.15) is 11.5 Å². The largest absolute Gasteiger partial charge is 0.495 e. The minimum absolute atomic E-state index is 0.202. The van der Waals surface area contributed by atoms with Crippen LogP contribution in [0.25, 0.3) is 0 Å². The van der Waals surface area contributed by atoms with E-state index in [2.05, 4.69) is 5.32 Å². The molecule has 1 N–H and O–H groups in total. The van der Waals surface area contributed by atoms with Crippen LogP contribution in [-0.2, 0) is 11.2 Å². The smallest absolute Gasteiger partial charge is 0.265 e. The van der Waals surface area contributed by atoms with E-state index in [0.29, 0.717) is 28.6 Å². The van der Waals surface area contributed by atoms with Crippen molar-refractivity contribution in [2.75, 3.05) is 12.4 Å². The van der Waals surface area contributed by atoms with Gasteiger partial charge in [-0.1, -0.05) is 23.7 Å². The van der Waals surface area contributed by atoms with Crippen molar-refractivity contribution >= 4 is 23.2 Å². The number of amides is 1. The average molecular weight is 304 g/mol. The Morgan fingerprint density at radius 2 is 2.14 bits per heavy atom. The van der Waals surface area contributed by atoms with E-state index in [-0.39, 0.29) is 5.91 Å². The SMILES string of the molecule is COc1ccccc1NC(=O)C1Cc2cc(Cl)ccc2O1. The van der Waals surface area contributed by atoms with Crippen LogP contribution in [0.3, 0.4) is 0 Å². The molecule has 0 fully saturated rings. The molecule has 1 aliphatic rings. The maximum Gasteiger partial charge on any atom is 0.265 e. The minimum Gasteiger partial charge on any atom is -0.495 e. The number of rotatable bonds is 3. The van der Waals surface area contributed by atoms with E-state index in [1.807, 2.05) is 18.2 Å². The quantitative estimate of drug-likeness (QED) is 0.946. The van der Waals surface area contributed by atoms with E-state index in [0.717, 1.165) is 5.56 Å². The van der Waals surface area contributed by atoms with E-state index >= 15 is 0 Å². The lowest BCUT2D eigenvalue weighted by atomic mass is 10.1. The number of carbonyl (C=O) groups is 1. The zero-order chi connectivity index (χ0) is 14.8. The van der Waals surface area contributed by atoms with Gasteiger partial charge < -0.3 is 14.8 Å². The summed E-state index contributed by atoms with van der Waals surface area (Å²) in [6.07, 6.45) is -0.0416. The fourth-order valence-electron chi connectivity index (χ4n) is 2.32. The number of halogens is 1. The Balaban J connectivity index is 1.73. The highest BCUT2D eigenvalue weighted by atomic mass is 35.5. The summed E-state index contributed by atoms with van der Waals surface area (Å²) >= 11 is 5.95. The van der Waals surface area contributed by atoms with Gasteiger partial charge in [0, 0.05) is 11.4 Å². The molecule has 21 heavy (non-hydrogen) atoms. The molecule has 1 aliphatic heterocycles. The molecule has 4 nitrogen and oxygen atoms in total. The summed E-state index contributed by atoms with van der Waals surface area (Å²) in [5.41, 5.74) is 1.57. The Bertz CT molecular complexity index is 687. The van der Waals surface area contributed by atoms with Gasteiger partial charge >= 0.3 is 0 Å². The van der Waals surface area contributed by atoms with Gasteiger partial charge in [-0.05, 0) is 35.9 Å². The molecule has 5 heteroatoms. The molecule has 3 rings (SSSR count). The molecule has 1 atom stereocenters. The number of methoxy groups -OCH3 is 1. The number of hydrogen-bond donors (Lipinski definition) is 1. The van der Waals surface area contributed by atoms with Crippen molar-refractivity contribution < 1.29 is 14.3 Å². The van der Waals surface area contributed by atoms with Crippen LogP contribution in [-0.4, -0.2) is 19.1 Å². The standard InChI is InChI=1S/C16H14ClNO3/c1-20-14-5-3-2-4-12(14)18-16(19)15-9-10-8-11(17)6-7-13(10)21-15/h2-8,15H,9H2,1H3,(H,18,19). The Kier molecular flexibility index (Phi) is 3.71. The number of anilines is 1. The average Bonchev–Trinajstić information content (AvgIpc) is 2.91. The lowest BCUT2D eigenvalue weighted by Crippen LogP contribution is -2.31. The minimum atomic E-state index is -0.552. The van der Waals surface area contributed by atoms with Crippen LogP contribution < -0.4 is 14.8 Å². The molecular formula is C16H14ClNO3. The molecule has 108 valence electrons. The number of hydrogen-bond acceptors (Lipinski definition) is 3. The number of para-hydroxylation sites is 2. The van der Waals surface area contributed by atoms with Crippen LogP contribution in [0.2, 0.25) is 5.02 Å². The van der Waals surface area contributed by atoms with Crippen LogP contribution >= 0.6 is 11.6 Å². The third-order valence-corrected chi connectivity index (χ3v) is 3.59. The first-order valence-electron chi connectivity index (χ1n) is 6.56. The van der Waals surface area contributed by atoms with Gasteiger partial charge in [0.15, 0.2) is 6.10 Å². The Morgan fingerprint density at radius 1 is 1.33 bits per heavy atom. The second kappa shape index (κ2) is 5.66. The highest BCUT2D eigenvalue weighted by Gasteiger charge is 2.29. The molecule has 0 saturated heterocycles. The van der Waals surface area contributed by atoms with Crippen molar-refractivity contribution in [2.45, 2.75) is 12.5 Å². The number of ether oxygens (including phenoxy) is 2. The van der Waals surface area contributed by atoms with E-state index in [9.17, 15) is 4.79 Å². The maximum atomic E-state index is 12.3. The molecular weight excluding hydrogens is 290 g/mol. The van der Waals surface area contributed by atoms with Crippen LogP contribution in [0.1, 0.15) is 5.56 Å². The van der Waals surface area contributed by atoms with E-state index in [1.165, 1.54) is 0 Å². The summed E-state index contributed by atoms with van der Waals surface area (Å²) in [6, 6.07) is 12.6. The molecule has 0 aliphatic carbocycles. The molecule has 1 unspecified atom stereocenters. The van der Waals surface area contributed by atoms with Crippen molar-refractivity contribution in [3.05, 3.63) is 53.1 Å². The first-order chi connectivity index (χ1) is 10.2. The molecule has 1 heterocycles. The summed E-state index contributed by atoms with van der Waals surface area (Å²) in [6.45, 7) is 0. The highest BCUT2D eigenvalue weighted by molar-refractivity contribution is 6.30. The van der Waals surface area contributed by atoms with Gasteiger partial charge in [-0.15, -0.1) is 0 Å². The third kappa shape index (κ3) is 2.81. The molecule has 0 saturated carbocycles. The summed E-state index contributed by atoms with van der Waals surface area (Å²) in [4.78, 5) is 12.3. The topological polar surface area (TPSA) is 47.6 Å². The number of carbonyl (C=O) groups excluding carboxylic acids is 1. The lowest BCUT2D eigenvalue weighted by Gasteiger charge is -2.13. The van der Waals surface area contributed by atoms with E-state index in [4.69, 9.17) is 21.1 Å². The summed E-state index contributed by atoms with van der Waals surface area (Å²) in [5, 5.41) is 3.47. The maximum absolute atomic E-state index is 12.3. The molecule has 0 radical (unpaired) electrons. The van der Waals surface area contributed by atoms with Gasteiger partial charge in [0.05, 0.1) is 12.8 Å². The molecule has 2 aromatic carbocycles. The molecule has 0 bridgehead atoms. The first kappa shape index (κ1) is 13.8. The zero-order valence-corrected chi connectivity index (χ0v) is 12.2. The highest BCUT2D eigenvalue weighted by Crippen LogP contribution is 2.32. The summed E-state index contributed by atoms with van der Waals surface area (Å²) in [7, 11) is 1.56. The van der Waals surface area contributed by atoms with Gasteiger partial charge in [0.25, 0.3) is 5.91 Å². The molecule has 1 amide bonds.